The molecule has 1 N–H and O–H groups in total. The number of ether oxygens (including phenoxy) is 1. The Morgan fingerprint density at radius 3 is 2.96 bits per heavy atom. The van der Waals surface area contributed by atoms with Crippen LogP contribution in [0.25, 0.3) is 10.2 Å². The molecule has 7 heteroatoms. The molecule has 0 bridgehead atoms. The van der Waals surface area contributed by atoms with Gasteiger partial charge in [0.15, 0.2) is 0 Å². The fourth-order valence-electron chi connectivity index (χ4n) is 3.39. The normalized spacial score (nSPS) is 14.3. The topological polar surface area (TPSA) is 67.3 Å². The number of hydrogen-bond acceptors (Lipinski definition) is 6. The molecule has 1 aliphatic rings. The highest BCUT2D eigenvalue weighted by Crippen LogP contribution is 2.34. The predicted octanol–water partition coefficient (Wildman–Crippen LogP) is 4.02. The van der Waals surface area contributed by atoms with E-state index in [1.807, 2.05) is 6.92 Å². The monoisotopic (exact) mass is 388 g/mol. The molecule has 27 heavy (non-hydrogen) atoms. The molecular weight excluding hydrogens is 360 g/mol. The summed E-state index contributed by atoms with van der Waals surface area (Å²) in [5.74, 6) is 0.828. The summed E-state index contributed by atoms with van der Waals surface area (Å²) in [6.45, 7) is 3.92. The first kappa shape index (κ1) is 19.8. The molecule has 0 radical (unpaired) electrons. The lowest BCUT2D eigenvalue weighted by Gasteiger charge is -2.16. The minimum Gasteiger partial charge on any atom is -0.383 e. The van der Waals surface area contributed by atoms with E-state index in [2.05, 4.69) is 21.4 Å². The van der Waals surface area contributed by atoms with E-state index in [0.29, 0.717) is 13.2 Å². The third-order valence-electron chi connectivity index (χ3n) is 5.02. The zero-order valence-electron chi connectivity index (χ0n) is 16.4. The predicted molar refractivity (Wildman–Crippen MR) is 111 cm³/mol. The third-order valence-corrected chi connectivity index (χ3v) is 6.21. The highest BCUT2D eigenvalue weighted by molar-refractivity contribution is 7.20. The summed E-state index contributed by atoms with van der Waals surface area (Å²) < 4.78 is 5.07. The summed E-state index contributed by atoms with van der Waals surface area (Å²) in [6, 6.07) is 0. The summed E-state index contributed by atoms with van der Waals surface area (Å²) in [5, 5.41) is 4.42. The van der Waals surface area contributed by atoms with Crippen LogP contribution in [0.5, 0.6) is 0 Å². The number of rotatable bonds is 8. The van der Waals surface area contributed by atoms with E-state index >= 15 is 0 Å². The van der Waals surface area contributed by atoms with Crippen molar-refractivity contribution in [3.05, 3.63) is 28.4 Å². The molecule has 0 aliphatic heterocycles. The van der Waals surface area contributed by atoms with Gasteiger partial charge in [-0.05, 0) is 44.6 Å². The molecule has 1 amide bonds. The molecule has 146 valence electrons. The van der Waals surface area contributed by atoms with Crippen molar-refractivity contribution in [2.24, 2.45) is 0 Å². The molecule has 0 atom stereocenters. The molecule has 3 rings (SSSR count). The summed E-state index contributed by atoms with van der Waals surface area (Å²) in [7, 11) is 3.44. The number of anilines is 1. The van der Waals surface area contributed by atoms with E-state index in [4.69, 9.17) is 4.74 Å². The number of allylic oxidation sites excluding steroid dienone is 1. The Balaban J connectivity index is 1.76. The van der Waals surface area contributed by atoms with Crippen LogP contribution in [0, 0.1) is 6.92 Å². The van der Waals surface area contributed by atoms with Crippen LogP contribution in [0.1, 0.15) is 47.3 Å². The largest absolute Gasteiger partial charge is 0.383 e. The van der Waals surface area contributed by atoms with E-state index in [9.17, 15) is 4.79 Å². The van der Waals surface area contributed by atoms with E-state index < -0.39 is 0 Å². The molecule has 2 heterocycles. The Morgan fingerprint density at radius 1 is 1.37 bits per heavy atom. The molecular formula is C20H28N4O2S. The number of likely N-dealkylation sites (N-methyl/N-ethyl adjacent to an activating group) is 1. The van der Waals surface area contributed by atoms with Gasteiger partial charge >= 0.3 is 0 Å². The number of amides is 1. The van der Waals surface area contributed by atoms with Gasteiger partial charge in [0.05, 0.1) is 16.9 Å². The minimum absolute atomic E-state index is 0.00543. The number of aryl methyl sites for hydroxylation is 1. The molecule has 2 aromatic rings. The van der Waals surface area contributed by atoms with Crippen molar-refractivity contribution >= 4 is 33.3 Å². The number of fused-ring (bicyclic) bond motifs is 1. The SMILES string of the molecule is COCCN(C)C(=O)c1sc2ncnc(NCCC3=CCCCC3)c2c1C. The number of thiophene rings is 1. The van der Waals surface area contributed by atoms with Gasteiger partial charge in [-0.1, -0.05) is 11.6 Å². The summed E-state index contributed by atoms with van der Waals surface area (Å²) >= 11 is 1.43. The molecule has 0 saturated heterocycles. The first-order valence-electron chi connectivity index (χ1n) is 9.52. The van der Waals surface area contributed by atoms with Crippen LogP contribution in [-0.4, -0.2) is 54.6 Å². The van der Waals surface area contributed by atoms with Crippen LogP contribution >= 0.6 is 11.3 Å². The van der Waals surface area contributed by atoms with Crippen molar-refractivity contribution in [1.29, 1.82) is 0 Å². The highest BCUT2D eigenvalue weighted by atomic mass is 32.1. The zero-order valence-corrected chi connectivity index (χ0v) is 17.2. The Hall–Kier alpha value is -1.99. The minimum atomic E-state index is 0.00543. The van der Waals surface area contributed by atoms with E-state index in [1.54, 1.807) is 25.4 Å². The van der Waals surface area contributed by atoms with Gasteiger partial charge in [-0.15, -0.1) is 11.3 Å². The summed E-state index contributed by atoms with van der Waals surface area (Å²) in [4.78, 5) is 24.9. The molecule has 0 unspecified atom stereocenters. The number of carbonyl (C=O) groups excluding carboxylic acids is 1. The van der Waals surface area contributed by atoms with Gasteiger partial charge in [-0.25, -0.2) is 9.97 Å². The van der Waals surface area contributed by atoms with Crippen LogP contribution in [0.2, 0.25) is 0 Å². The number of hydrogen-bond donors (Lipinski definition) is 1. The van der Waals surface area contributed by atoms with Gasteiger partial charge < -0.3 is 15.0 Å². The number of nitrogens with one attached hydrogen (secondary N) is 1. The van der Waals surface area contributed by atoms with Gasteiger partial charge in [-0.3, -0.25) is 4.79 Å². The Labute approximate surface area is 164 Å². The second-order valence-corrected chi connectivity index (χ2v) is 7.96. The first-order chi connectivity index (χ1) is 13.1. The first-order valence-corrected chi connectivity index (χ1v) is 10.3. The standard InChI is InChI=1S/C20H28N4O2S/c1-14-16-18(21-10-9-15-7-5-4-6-8-15)22-13-23-19(16)27-17(14)20(25)24(2)11-12-26-3/h7,13H,4-6,8-12H2,1-3H3,(H,21,22,23). The second kappa shape index (κ2) is 9.28. The van der Waals surface area contributed by atoms with Gasteiger partial charge in [0.25, 0.3) is 5.91 Å². The van der Waals surface area contributed by atoms with Crippen LogP contribution in [0.15, 0.2) is 18.0 Å². The maximum atomic E-state index is 12.8. The average Bonchev–Trinajstić information content (AvgIpc) is 3.04. The maximum absolute atomic E-state index is 12.8. The Morgan fingerprint density at radius 2 is 2.22 bits per heavy atom. The lowest BCUT2D eigenvalue weighted by atomic mass is 9.97. The summed E-state index contributed by atoms with van der Waals surface area (Å²) in [5.41, 5.74) is 2.49. The molecule has 0 aromatic carbocycles. The van der Waals surface area contributed by atoms with Crippen molar-refractivity contribution < 1.29 is 9.53 Å². The van der Waals surface area contributed by atoms with Crippen LogP contribution in [0.4, 0.5) is 5.82 Å². The van der Waals surface area contributed by atoms with Crippen LogP contribution < -0.4 is 5.32 Å². The van der Waals surface area contributed by atoms with Gasteiger partial charge in [0, 0.05) is 27.2 Å². The molecule has 6 nitrogen and oxygen atoms in total. The summed E-state index contributed by atoms with van der Waals surface area (Å²) in [6.07, 6.45) is 10.0. The molecule has 1 aliphatic carbocycles. The quantitative estimate of drug-likeness (QED) is 0.692. The number of methoxy groups -OCH3 is 1. The van der Waals surface area contributed by atoms with Gasteiger partial charge in [0.2, 0.25) is 0 Å². The van der Waals surface area contributed by atoms with Crippen molar-refractivity contribution in [2.75, 3.05) is 39.2 Å². The molecule has 2 aromatic heterocycles. The number of aromatic nitrogens is 2. The van der Waals surface area contributed by atoms with Crippen molar-refractivity contribution in [1.82, 2.24) is 14.9 Å². The van der Waals surface area contributed by atoms with Crippen LogP contribution in [0.3, 0.4) is 0 Å². The van der Waals surface area contributed by atoms with E-state index in [-0.39, 0.29) is 5.91 Å². The lowest BCUT2D eigenvalue weighted by molar-refractivity contribution is 0.0748. The lowest BCUT2D eigenvalue weighted by Crippen LogP contribution is -2.29. The third kappa shape index (κ3) is 4.65. The fourth-order valence-corrected chi connectivity index (χ4v) is 4.53. The van der Waals surface area contributed by atoms with Crippen molar-refractivity contribution in [2.45, 2.75) is 39.0 Å². The van der Waals surface area contributed by atoms with Crippen LogP contribution in [-0.2, 0) is 4.74 Å². The molecule has 0 saturated carbocycles. The molecule has 0 spiro atoms. The van der Waals surface area contributed by atoms with E-state index in [1.165, 1.54) is 42.6 Å². The number of nitrogens with zero attached hydrogens (tertiary/aromatic N) is 3. The zero-order chi connectivity index (χ0) is 19.2. The number of carbonyl (C=O) groups is 1. The van der Waals surface area contributed by atoms with E-state index in [0.717, 1.165) is 39.4 Å². The maximum Gasteiger partial charge on any atom is 0.264 e. The van der Waals surface area contributed by atoms with Crippen molar-refractivity contribution in [3.63, 3.8) is 0 Å². The Bertz CT molecular complexity index is 831. The van der Waals surface area contributed by atoms with Gasteiger partial charge in [-0.2, -0.15) is 0 Å². The average molecular weight is 389 g/mol. The van der Waals surface area contributed by atoms with Crippen molar-refractivity contribution in [3.8, 4) is 0 Å². The molecule has 0 fully saturated rings. The second-order valence-electron chi connectivity index (χ2n) is 6.96. The fraction of sp³-hybridized carbons (Fsp3) is 0.550. The Kier molecular flexibility index (Phi) is 6.79. The van der Waals surface area contributed by atoms with Gasteiger partial charge in [0.1, 0.15) is 17.0 Å². The highest BCUT2D eigenvalue weighted by Gasteiger charge is 2.21. The smallest absolute Gasteiger partial charge is 0.264 e.